The van der Waals surface area contributed by atoms with Gasteiger partial charge in [-0.3, -0.25) is 4.18 Å². The van der Waals surface area contributed by atoms with E-state index >= 15 is 0 Å². The number of fused-ring (bicyclic) bond motifs is 1. The molecule has 0 spiro atoms. The summed E-state index contributed by atoms with van der Waals surface area (Å²) in [5.41, 5.74) is 0. The first-order valence-corrected chi connectivity index (χ1v) is 10.1. The van der Waals surface area contributed by atoms with Crippen LogP contribution < -0.4 is 9.47 Å². The molecule has 0 saturated carbocycles. The Morgan fingerprint density at radius 3 is 2.78 bits per heavy atom. The van der Waals surface area contributed by atoms with Crippen molar-refractivity contribution < 1.29 is 26.8 Å². The van der Waals surface area contributed by atoms with Crippen LogP contribution in [0.5, 0.6) is 11.5 Å². The van der Waals surface area contributed by atoms with Crippen LogP contribution in [-0.4, -0.2) is 46.2 Å². The largest absolute Gasteiger partial charge is 0.485 e. The average Bonchev–Trinajstić information content (AvgIpc) is 2.97. The number of rotatable bonds is 9. The van der Waals surface area contributed by atoms with E-state index in [0.717, 1.165) is 11.5 Å². The highest BCUT2D eigenvalue weighted by atomic mass is 32.2. The Balaban J connectivity index is 1.65. The molecule has 2 heterocycles. The van der Waals surface area contributed by atoms with E-state index in [1.165, 1.54) is 11.3 Å². The van der Waals surface area contributed by atoms with Gasteiger partial charge in [0.05, 0.1) is 18.5 Å². The average molecular weight is 364 g/mol. The second kappa shape index (κ2) is 8.32. The maximum absolute atomic E-state index is 11.9. The van der Waals surface area contributed by atoms with E-state index < -0.39 is 15.4 Å². The molecule has 6 nitrogen and oxygen atoms in total. The van der Waals surface area contributed by atoms with Gasteiger partial charge < -0.3 is 14.2 Å². The Hall–Kier alpha value is -0.830. The molecule has 0 aliphatic carbocycles. The summed E-state index contributed by atoms with van der Waals surface area (Å²) in [6, 6.07) is 0. The van der Waals surface area contributed by atoms with Gasteiger partial charge in [0.1, 0.15) is 6.61 Å². The molecule has 2 unspecified atom stereocenters. The van der Waals surface area contributed by atoms with Crippen LogP contribution in [0.15, 0.2) is 10.8 Å². The van der Waals surface area contributed by atoms with Crippen LogP contribution in [0.25, 0.3) is 0 Å². The molecule has 23 heavy (non-hydrogen) atoms. The van der Waals surface area contributed by atoms with Gasteiger partial charge in [0.2, 0.25) is 0 Å². The van der Waals surface area contributed by atoms with Crippen LogP contribution >= 0.6 is 11.3 Å². The van der Waals surface area contributed by atoms with Crippen LogP contribution in [0.4, 0.5) is 0 Å². The minimum Gasteiger partial charge on any atom is -0.485 e. The van der Waals surface area contributed by atoms with Crippen molar-refractivity contribution in [1.29, 1.82) is 0 Å². The number of ether oxygens (including phenoxy) is 3. The van der Waals surface area contributed by atoms with Crippen molar-refractivity contribution in [2.45, 2.75) is 38.5 Å². The van der Waals surface area contributed by atoms with Crippen molar-refractivity contribution >= 4 is 21.5 Å². The summed E-state index contributed by atoms with van der Waals surface area (Å²) in [7, 11) is -3.53. The second-order valence-corrected chi connectivity index (χ2v) is 8.77. The zero-order valence-corrected chi connectivity index (χ0v) is 15.3. The predicted molar refractivity (Wildman–Crippen MR) is 88.8 cm³/mol. The molecule has 2 atom stereocenters. The topological polar surface area (TPSA) is 71.1 Å². The maximum atomic E-state index is 11.9. The summed E-state index contributed by atoms with van der Waals surface area (Å²) >= 11 is 1.53. The lowest BCUT2D eigenvalue weighted by atomic mass is 10.2. The summed E-state index contributed by atoms with van der Waals surface area (Å²) in [5, 5.41) is 3.20. The van der Waals surface area contributed by atoms with Crippen molar-refractivity contribution in [3.63, 3.8) is 0 Å². The van der Waals surface area contributed by atoms with Gasteiger partial charge in [-0.15, -0.1) is 11.3 Å². The lowest BCUT2D eigenvalue weighted by Crippen LogP contribution is -2.33. The lowest BCUT2D eigenvalue weighted by Gasteiger charge is -2.24. The standard InChI is InChI=1S/C15H24O6S2/c1-11(2)6-20-23(16,17)12(3)4-5-18-7-13-8-19-14-9-22-10-15(14)21-13/h9-13H,4-8H2,1-3H3. The lowest BCUT2D eigenvalue weighted by molar-refractivity contribution is 0.00874. The fourth-order valence-corrected chi connectivity index (χ4v) is 3.65. The molecule has 1 aromatic heterocycles. The van der Waals surface area contributed by atoms with E-state index in [1.807, 2.05) is 24.6 Å². The van der Waals surface area contributed by atoms with Crippen molar-refractivity contribution in [3.8, 4) is 11.5 Å². The molecule has 0 bridgehead atoms. The predicted octanol–water partition coefficient (Wildman–Crippen LogP) is 2.69. The molecular formula is C15H24O6S2. The molecule has 2 rings (SSSR count). The molecule has 0 N–H and O–H groups in total. The van der Waals surface area contributed by atoms with Crippen molar-refractivity contribution in [1.82, 2.24) is 0 Å². The van der Waals surface area contributed by atoms with Crippen LogP contribution in [0, 0.1) is 5.92 Å². The molecule has 1 aliphatic heterocycles. The summed E-state index contributed by atoms with van der Waals surface area (Å²) < 4.78 is 45.7. The third-order valence-electron chi connectivity index (χ3n) is 3.34. The van der Waals surface area contributed by atoms with E-state index in [1.54, 1.807) is 6.92 Å². The van der Waals surface area contributed by atoms with E-state index in [0.29, 0.717) is 26.2 Å². The number of hydrogen-bond acceptors (Lipinski definition) is 7. The Bertz CT molecular complexity index is 581. The summed E-state index contributed by atoms with van der Waals surface area (Å²) in [6.45, 7) is 6.81. The third kappa shape index (κ3) is 5.63. The summed E-state index contributed by atoms with van der Waals surface area (Å²) in [5.74, 6) is 1.69. The minimum absolute atomic E-state index is 0.166. The van der Waals surface area contributed by atoms with Gasteiger partial charge in [-0.05, 0) is 19.3 Å². The highest BCUT2D eigenvalue weighted by Gasteiger charge is 2.24. The molecule has 0 radical (unpaired) electrons. The van der Waals surface area contributed by atoms with Gasteiger partial charge in [-0.1, -0.05) is 13.8 Å². The first-order chi connectivity index (χ1) is 10.9. The van der Waals surface area contributed by atoms with Crippen molar-refractivity contribution in [2.75, 3.05) is 26.4 Å². The van der Waals surface area contributed by atoms with Crippen LogP contribution in [-0.2, 0) is 19.0 Å². The monoisotopic (exact) mass is 364 g/mol. The van der Waals surface area contributed by atoms with Crippen molar-refractivity contribution in [3.05, 3.63) is 10.8 Å². The van der Waals surface area contributed by atoms with Gasteiger partial charge in [0.25, 0.3) is 10.1 Å². The quantitative estimate of drug-likeness (QED) is 0.496. The molecular weight excluding hydrogens is 340 g/mol. The van der Waals surface area contributed by atoms with Gasteiger partial charge in [0.15, 0.2) is 17.6 Å². The Labute approximate surface area is 141 Å². The van der Waals surface area contributed by atoms with Gasteiger partial charge >= 0.3 is 0 Å². The smallest absolute Gasteiger partial charge is 0.270 e. The Morgan fingerprint density at radius 1 is 1.30 bits per heavy atom. The Kier molecular flexibility index (Phi) is 6.70. The van der Waals surface area contributed by atoms with Crippen molar-refractivity contribution in [2.24, 2.45) is 5.92 Å². The molecule has 132 valence electrons. The van der Waals surface area contributed by atoms with Crippen LogP contribution in [0.1, 0.15) is 27.2 Å². The van der Waals surface area contributed by atoms with Crippen LogP contribution in [0.2, 0.25) is 0 Å². The molecule has 0 amide bonds. The third-order valence-corrected chi connectivity index (χ3v) is 5.73. The maximum Gasteiger partial charge on any atom is 0.270 e. The first-order valence-electron chi connectivity index (χ1n) is 7.70. The highest BCUT2D eigenvalue weighted by molar-refractivity contribution is 7.87. The SMILES string of the molecule is CC(C)COS(=O)(=O)C(C)CCOCC1COc2cscc2O1. The molecule has 0 saturated heterocycles. The molecule has 0 fully saturated rings. The first kappa shape index (κ1) is 18.5. The Morgan fingerprint density at radius 2 is 2.04 bits per heavy atom. The van der Waals surface area contributed by atoms with Gasteiger partial charge in [0, 0.05) is 17.4 Å². The molecule has 0 aromatic carbocycles. The second-order valence-electron chi connectivity index (χ2n) is 6.00. The zero-order valence-electron chi connectivity index (χ0n) is 13.7. The summed E-state index contributed by atoms with van der Waals surface area (Å²) in [4.78, 5) is 0. The van der Waals surface area contributed by atoms with E-state index in [-0.39, 0.29) is 18.6 Å². The number of hydrogen-bond donors (Lipinski definition) is 0. The summed E-state index contributed by atoms with van der Waals surface area (Å²) in [6.07, 6.45) is 0.221. The van der Waals surface area contributed by atoms with E-state index in [9.17, 15) is 8.42 Å². The molecule has 1 aliphatic rings. The van der Waals surface area contributed by atoms with E-state index in [2.05, 4.69) is 0 Å². The minimum atomic E-state index is -3.53. The zero-order chi connectivity index (χ0) is 16.9. The number of thiophene rings is 1. The van der Waals surface area contributed by atoms with Crippen LogP contribution in [0.3, 0.4) is 0 Å². The normalized spacial score (nSPS) is 19.0. The molecule has 8 heteroatoms. The van der Waals surface area contributed by atoms with Gasteiger partial charge in [-0.25, -0.2) is 0 Å². The fraction of sp³-hybridized carbons (Fsp3) is 0.733. The molecule has 1 aromatic rings. The van der Waals surface area contributed by atoms with Gasteiger partial charge in [-0.2, -0.15) is 8.42 Å². The fourth-order valence-electron chi connectivity index (χ4n) is 1.90. The van der Waals surface area contributed by atoms with E-state index in [4.69, 9.17) is 18.4 Å². The highest BCUT2D eigenvalue weighted by Crippen LogP contribution is 2.35.